The number of aryl methyl sites for hydroxylation is 1. The minimum atomic E-state index is -1.35. The van der Waals surface area contributed by atoms with Gasteiger partial charge in [-0.05, 0) is 25.7 Å². The summed E-state index contributed by atoms with van der Waals surface area (Å²) >= 11 is 1.38. The molecule has 2 aliphatic rings. The van der Waals surface area contributed by atoms with Crippen molar-refractivity contribution in [3.8, 4) is 0 Å². The van der Waals surface area contributed by atoms with Crippen LogP contribution in [-0.4, -0.2) is 31.0 Å². The van der Waals surface area contributed by atoms with E-state index in [-0.39, 0.29) is 6.42 Å². The first kappa shape index (κ1) is 14.8. The first-order chi connectivity index (χ1) is 11.1. The lowest BCUT2D eigenvalue weighted by Gasteiger charge is -2.33. The van der Waals surface area contributed by atoms with Gasteiger partial charge < -0.3 is 10.2 Å². The molecule has 0 spiro atoms. The van der Waals surface area contributed by atoms with E-state index >= 15 is 0 Å². The van der Waals surface area contributed by atoms with E-state index in [0.29, 0.717) is 0 Å². The number of aromatic nitrogens is 2. The number of hydrogen-bond donors (Lipinski definition) is 2. The molecule has 0 saturated carbocycles. The van der Waals surface area contributed by atoms with Gasteiger partial charge in [-0.2, -0.15) is 0 Å². The SMILES string of the molecule is O=C(O)C[C@H]1Sc2nc3c(n2[C@]1(O)c1ccccc1)CCCC3. The van der Waals surface area contributed by atoms with E-state index in [9.17, 15) is 15.0 Å². The molecule has 0 radical (unpaired) electrons. The fraction of sp³-hybridized carbons (Fsp3) is 0.412. The number of fused-ring (bicyclic) bond motifs is 3. The molecular formula is C17H18N2O3S. The van der Waals surface area contributed by atoms with Crippen molar-refractivity contribution >= 4 is 17.7 Å². The van der Waals surface area contributed by atoms with Gasteiger partial charge in [-0.25, -0.2) is 4.98 Å². The van der Waals surface area contributed by atoms with Gasteiger partial charge in [-0.3, -0.25) is 9.36 Å². The molecule has 0 fully saturated rings. The Bertz CT molecular complexity index is 759. The molecule has 23 heavy (non-hydrogen) atoms. The molecule has 120 valence electrons. The minimum Gasteiger partial charge on any atom is -0.481 e. The van der Waals surface area contributed by atoms with Crippen LogP contribution >= 0.6 is 11.8 Å². The first-order valence-corrected chi connectivity index (χ1v) is 8.76. The second-order valence-electron chi connectivity index (χ2n) is 6.13. The van der Waals surface area contributed by atoms with Gasteiger partial charge in [0.05, 0.1) is 17.4 Å². The number of aliphatic hydroxyl groups is 1. The van der Waals surface area contributed by atoms with Crippen LogP contribution in [0, 0.1) is 0 Å². The molecular weight excluding hydrogens is 312 g/mol. The van der Waals surface area contributed by atoms with Gasteiger partial charge in [0.1, 0.15) is 0 Å². The third-order valence-electron chi connectivity index (χ3n) is 4.70. The van der Waals surface area contributed by atoms with E-state index in [1.165, 1.54) is 11.8 Å². The van der Waals surface area contributed by atoms with Crippen molar-refractivity contribution < 1.29 is 15.0 Å². The van der Waals surface area contributed by atoms with Crippen molar-refractivity contribution in [2.45, 2.75) is 48.2 Å². The van der Waals surface area contributed by atoms with Crippen LogP contribution in [0.15, 0.2) is 35.5 Å². The van der Waals surface area contributed by atoms with E-state index in [1.807, 2.05) is 34.9 Å². The van der Waals surface area contributed by atoms with E-state index < -0.39 is 16.9 Å². The largest absolute Gasteiger partial charge is 0.481 e. The number of carboxylic acid groups (broad SMARTS) is 1. The summed E-state index contributed by atoms with van der Waals surface area (Å²) in [5, 5.41) is 21.1. The molecule has 4 rings (SSSR count). The summed E-state index contributed by atoms with van der Waals surface area (Å²) in [4.78, 5) is 16.0. The van der Waals surface area contributed by atoms with Crippen LogP contribution in [0.1, 0.15) is 36.2 Å². The number of benzene rings is 1. The Hall–Kier alpha value is -1.79. The summed E-state index contributed by atoms with van der Waals surface area (Å²) in [7, 11) is 0. The number of carboxylic acids is 1. The van der Waals surface area contributed by atoms with Crippen molar-refractivity contribution in [1.82, 2.24) is 9.55 Å². The quantitative estimate of drug-likeness (QED) is 0.904. The summed E-state index contributed by atoms with van der Waals surface area (Å²) in [5.41, 5.74) is 1.50. The maximum Gasteiger partial charge on any atom is 0.304 e. The zero-order valence-electron chi connectivity index (χ0n) is 12.6. The zero-order chi connectivity index (χ0) is 16.0. The van der Waals surface area contributed by atoms with Crippen molar-refractivity contribution in [3.63, 3.8) is 0 Å². The third-order valence-corrected chi connectivity index (χ3v) is 5.96. The fourth-order valence-electron chi connectivity index (χ4n) is 3.64. The normalized spacial score (nSPS) is 25.9. The highest BCUT2D eigenvalue weighted by atomic mass is 32.2. The Kier molecular flexibility index (Phi) is 3.46. The molecule has 2 atom stereocenters. The predicted molar refractivity (Wildman–Crippen MR) is 86.5 cm³/mol. The molecule has 0 saturated heterocycles. The molecule has 2 heterocycles. The topological polar surface area (TPSA) is 75.3 Å². The van der Waals surface area contributed by atoms with E-state index in [0.717, 1.165) is 47.8 Å². The van der Waals surface area contributed by atoms with Gasteiger partial charge in [0.25, 0.3) is 0 Å². The van der Waals surface area contributed by atoms with Crippen molar-refractivity contribution in [3.05, 3.63) is 47.3 Å². The van der Waals surface area contributed by atoms with Crippen LogP contribution in [0.4, 0.5) is 0 Å². The number of aliphatic carboxylic acids is 1. The molecule has 1 aromatic carbocycles. The lowest BCUT2D eigenvalue weighted by Crippen LogP contribution is -2.42. The number of hydrogen-bond acceptors (Lipinski definition) is 4. The second kappa shape index (κ2) is 5.39. The molecule has 0 unspecified atom stereocenters. The Morgan fingerprint density at radius 3 is 2.78 bits per heavy atom. The maximum atomic E-state index is 11.6. The van der Waals surface area contributed by atoms with Crippen LogP contribution in [0.2, 0.25) is 0 Å². The number of imidazole rings is 1. The molecule has 2 aromatic rings. The standard InChI is InChI=1S/C17H18N2O3S/c20-15(21)10-14-17(22,11-6-2-1-3-7-11)19-13-9-5-4-8-12(13)18-16(19)23-14/h1-3,6-7,14,22H,4-5,8-10H2,(H,20,21)/t14-,17+/m1/s1. The second-order valence-corrected chi connectivity index (χ2v) is 7.30. The molecule has 5 nitrogen and oxygen atoms in total. The smallest absolute Gasteiger partial charge is 0.304 e. The summed E-state index contributed by atoms with van der Waals surface area (Å²) in [6.07, 6.45) is 3.92. The fourth-order valence-corrected chi connectivity index (χ4v) is 5.04. The third kappa shape index (κ3) is 2.20. The van der Waals surface area contributed by atoms with Crippen molar-refractivity contribution in [1.29, 1.82) is 0 Å². The van der Waals surface area contributed by atoms with Gasteiger partial charge in [-0.1, -0.05) is 42.1 Å². The average molecular weight is 330 g/mol. The van der Waals surface area contributed by atoms with Crippen LogP contribution in [0.25, 0.3) is 0 Å². The Balaban J connectivity index is 1.89. The molecule has 1 aliphatic heterocycles. The lowest BCUT2D eigenvalue weighted by atomic mass is 9.94. The summed E-state index contributed by atoms with van der Waals surface area (Å²) in [5.74, 6) is -0.906. The summed E-state index contributed by atoms with van der Waals surface area (Å²) < 4.78 is 1.90. The lowest BCUT2D eigenvalue weighted by molar-refractivity contribution is -0.138. The molecule has 1 aromatic heterocycles. The molecule has 0 bridgehead atoms. The predicted octanol–water partition coefficient (Wildman–Crippen LogP) is 2.40. The number of rotatable bonds is 3. The molecule has 2 N–H and O–H groups in total. The van der Waals surface area contributed by atoms with Gasteiger partial charge in [0, 0.05) is 11.3 Å². The molecule has 1 aliphatic carbocycles. The Morgan fingerprint density at radius 1 is 1.30 bits per heavy atom. The van der Waals surface area contributed by atoms with Crippen LogP contribution in [-0.2, 0) is 23.4 Å². The van der Waals surface area contributed by atoms with Gasteiger partial charge in [-0.15, -0.1) is 0 Å². The number of carbonyl (C=O) groups is 1. The summed E-state index contributed by atoms with van der Waals surface area (Å²) in [6, 6.07) is 9.36. The highest BCUT2D eigenvalue weighted by Crippen LogP contribution is 2.49. The van der Waals surface area contributed by atoms with Crippen LogP contribution in [0.5, 0.6) is 0 Å². The maximum absolute atomic E-state index is 11.6. The highest BCUT2D eigenvalue weighted by molar-refractivity contribution is 8.00. The molecule has 0 amide bonds. The Morgan fingerprint density at radius 2 is 2.04 bits per heavy atom. The van der Waals surface area contributed by atoms with Gasteiger partial charge in [0.15, 0.2) is 10.9 Å². The van der Waals surface area contributed by atoms with E-state index in [1.54, 1.807) is 0 Å². The number of thioether (sulfide) groups is 1. The molecule has 6 heteroatoms. The highest BCUT2D eigenvalue weighted by Gasteiger charge is 2.51. The van der Waals surface area contributed by atoms with E-state index in [4.69, 9.17) is 0 Å². The van der Waals surface area contributed by atoms with Crippen LogP contribution < -0.4 is 0 Å². The summed E-state index contributed by atoms with van der Waals surface area (Å²) in [6.45, 7) is 0. The monoisotopic (exact) mass is 330 g/mol. The van der Waals surface area contributed by atoms with Crippen molar-refractivity contribution in [2.24, 2.45) is 0 Å². The number of nitrogens with zero attached hydrogens (tertiary/aromatic N) is 2. The van der Waals surface area contributed by atoms with Crippen LogP contribution in [0.3, 0.4) is 0 Å². The first-order valence-electron chi connectivity index (χ1n) is 7.88. The van der Waals surface area contributed by atoms with Crippen molar-refractivity contribution in [2.75, 3.05) is 0 Å². The zero-order valence-corrected chi connectivity index (χ0v) is 13.4. The van der Waals surface area contributed by atoms with E-state index in [2.05, 4.69) is 4.98 Å². The Labute approximate surface area is 138 Å². The van der Waals surface area contributed by atoms with Gasteiger partial charge in [0.2, 0.25) is 0 Å². The average Bonchev–Trinajstić information content (AvgIpc) is 3.04. The van der Waals surface area contributed by atoms with Gasteiger partial charge >= 0.3 is 5.97 Å². The minimum absolute atomic E-state index is 0.103.